The summed E-state index contributed by atoms with van der Waals surface area (Å²) in [6.07, 6.45) is 16.1. The fraction of sp³-hybridized carbons (Fsp3) is 1.00. The average molecular weight is 293 g/mol. The smallest absolute Gasteiger partial charge is 0.00684 e. The Morgan fingerprint density at radius 2 is 1.67 bits per heavy atom. The van der Waals surface area contributed by atoms with E-state index in [0.717, 1.165) is 12.0 Å². The van der Waals surface area contributed by atoms with Crippen LogP contribution >= 0.6 is 0 Å². The molecular weight excluding hydrogens is 256 g/mol. The number of hydrogen-bond acceptors (Lipinski definition) is 2. The molecule has 0 aliphatic heterocycles. The molecule has 0 spiro atoms. The summed E-state index contributed by atoms with van der Waals surface area (Å²) in [5, 5.41) is 3.88. The highest BCUT2D eigenvalue weighted by Gasteiger charge is 2.35. The fourth-order valence-corrected chi connectivity index (χ4v) is 4.34. The third-order valence-electron chi connectivity index (χ3n) is 6.25. The molecule has 0 saturated heterocycles. The summed E-state index contributed by atoms with van der Waals surface area (Å²) in [6.45, 7) is 7.65. The van der Waals surface area contributed by atoms with Crippen molar-refractivity contribution in [1.82, 2.24) is 10.2 Å². The van der Waals surface area contributed by atoms with E-state index in [1.807, 2.05) is 0 Å². The molecule has 0 aromatic heterocycles. The minimum atomic E-state index is 0.582. The average Bonchev–Trinajstić information content (AvgIpc) is 3.27. The summed E-state index contributed by atoms with van der Waals surface area (Å²) < 4.78 is 0. The molecule has 1 N–H and O–H groups in total. The van der Waals surface area contributed by atoms with Crippen LogP contribution in [0, 0.1) is 11.3 Å². The van der Waals surface area contributed by atoms with Gasteiger partial charge in [0, 0.05) is 25.7 Å². The standard InChI is InChI=1S/C19H36N2/c1-2-21(14-17-8-7-9-17)16-19(15-20-18-10-11-18)12-5-3-4-6-13-19/h17-18,20H,2-16H2,1H3. The van der Waals surface area contributed by atoms with Gasteiger partial charge in [0.05, 0.1) is 0 Å². The Bertz CT molecular complexity index is 299. The molecule has 0 aromatic rings. The van der Waals surface area contributed by atoms with E-state index in [2.05, 4.69) is 17.1 Å². The van der Waals surface area contributed by atoms with E-state index in [0.29, 0.717) is 5.41 Å². The molecule has 2 nitrogen and oxygen atoms in total. The summed E-state index contributed by atoms with van der Waals surface area (Å²) >= 11 is 0. The minimum Gasteiger partial charge on any atom is -0.313 e. The Labute approximate surface area is 132 Å². The van der Waals surface area contributed by atoms with Crippen molar-refractivity contribution in [2.45, 2.75) is 83.6 Å². The molecule has 0 amide bonds. The molecule has 0 radical (unpaired) electrons. The molecule has 2 heteroatoms. The van der Waals surface area contributed by atoms with Gasteiger partial charge in [0.25, 0.3) is 0 Å². The molecule has 0 bridgehead atoms. The quantitative estimate of drug-likeness (QED) is 0.674. The summed E-state index contributed by atoms with van der Waals surface area (Å²) in [5.41, 5.74) is 0.582. The van der Waals surface area contributed by atoms with Crippen molar-refractivity contribution in [1.29, 1.82) is 0 Å². The van der Waals surface area contributed by atoms with Gasteiger partial charge in [-0.2, -0.15) is 0 Å². The van der Waals surface area contributed by atoms with Crippen LogP contribution in [0.4, 0.5) is 0 Å². The third kappa shape index (κ3) is 4.69. The second-order valence-electron chi connectivity index (χ2n) is 8.19. The molecule has 0 unspecified atom stereocenters. The zero-order chi connectivity index (χ0) is 14.5. The van der Waals surface area contributed by atoms with E-state index < -0.39 is 0 Å². The molecule has 3 rings (SSSR count). The molecule has 3 fully saturated rings. The largest absolute Gasteiger partial charge is 0.313 e. The van der Waals surface area contributed by atoms with Gasteiger partial charge in [-0.25, -0.2) is 0 Å². The van der Waals surface area contributed by atoms with Crippen LogP contribution < -0.4 is 5.32 Å². The van der Waals surface area contributed by atoms with E-state index in [4.69, 9.17) is 0 Å². The zero-order valence-corrected chi connectivity index (χ0v) is 14.2. The Balaban J connectivity index is 1.57. The molecule has 122 valence electrons. The maximum Gasteiger partial charge on any atom is 0.00684 e. The van der Waals surface area contributed by atoms with Crippen molar-refractivity contribution < 1.29 is 0 Å². The molecule has 3 aliphatic carbocycles. The van der Waals surface area contributed by atoms with Crippen LogP contribution in [0.1, 0.15) is 77.6 Å². The van der Waals surface area contributed by atoms with Gasteiger partial charge < -0.3 is 10.2 Å². The van der Waals surface area contributed by atoms with Gasteiger partial charge in [0.2, 0.25) is 0 Å². The van der Waals surface area contributed by atoms with Gasteiger partial charge in [-0.05, 0) is 56.4 Å². The lowest BCUT2D eigenvalue weighted by Crippen LogP contribution is -2.46. The Hall–Kier alpha value is -0.0800. The van der Waals surface area contributed by atoms with Gasteiger partial charge in [-0.15, -0.1) is 0 Å². The van der Waals surface area contributed by atoms with Crippen molar-refractivity contribution in [2.75, 3.05) is 26.2 Å². The molecule has 0 aromatic carbocycles. The molecule has 0 atom stereocenters. The lowest BCUT2D eigenvalue weighted by Gasteiger charge is -2.40. The van der Waals surface area contributed by atoms with Crippen LogP contribution in [-0.4, -0.2) is 37.1 Å². The maximum absolute atomic E-state index is 3.88. The first-order valence-corrected chi connectivity index (χ1v) is 9.75. The predicted octanol–water partition coefficient (Wildman–Crippen LogP) is 4.20. The maximum atomic E-state index is 3.88. The summed E-state index contributed by atoms with van der Waals surface area (Å²) in [4.78, 5) is 2.80. The normalized spacial score (nSPS) is 26.6. The molecular formula is C19H36N2. The molecule has 0 heterocycles. The second-order valence-corrected chi connectivity index (χ2v) is 8.19. The van der Waals surface area contributed by atoms with Crippen LogP contribution in [0.25, 0.3) is 0 Å². The second kappa shape index (κ2) is 7.46. The van der Waals surface area contributed by atoms with Crippen LogP contribution in [-0.2, 0) is 0 Å². The fourth-order valence-electron chi connectivity index (χ4n) is 4.34. The number of hydrogen-bond donors (Lipinski definition) is 1. The van der Waals surface area contributed by atoms with Gasteiger partial charge in [-0.3, -0.25) is 0 Å². The summed E-state index contributed by atoms with van der Waals surface area (Å²) in [6, 6.07) is 0.867. The summed E-state index contributed by atoms with van der Waals surface area (Å²) in [7, 11) is 0. The molecule has 3 saturated carbocycles. The number of nitrogens with one attached hydrogen (secondary N) is 1. The zero-order valence-electron chi connectivity index (χ0n) is 14.2. The van der Waals surface area contributed by atoms with Gasteiger partial charge in [0.15, 0.2) is 0 Å². The monoisotopic (exact) mass is 292 g/mol. The first-order chi connectivity index (χ1) is 10.3. The number of nitrogens with zero attached hydrogens (tertiary/aromatic N) is 1. The minimum absolute atomic E-state index is 0.582. The van der Waals surface area contributed by atoms with Crippen molar-refractivity contribution in [3.63, 3.8) is 0 Å². The van der Waals surface area contributed by atoms with Crippen LogP contribution in [0.15, 0.2) is 0 Å². The van der Waals surface area contributed by atoms with Crippen LogP contribution in [0.5, 0.6) is 0 Å². The Morgan fingerprint density at radius 1 is 0.952 bits per heavy atom. The van der Waals surface area contributed by atoms with Crippen molar-refractivity contribution in [2.24, 2.45) is 11.3 Å². The van der Waals surface area contributed by atoms with Gasteiger partial charge in [-0.1, -0.05) is 39.0 Å². The van der Waals surface area contributed by atoms with E-state index in [9.17, 15) is 0 Å². The van der Waals surface area contributed by atoms with Gasteiger partial charge in [0.1, 0.15) is 0 Å². The predicted molar refractivity (Wildman–Crippen MR) is 90.6 cm³/mol. The highest BCUT2D eigenvalue weighted by atomic mass is 15.1. The molecule has 21 heavy (non-hydrogen) atoms. The Kier molecular flexibility index (Phi) is 5.61. The highest BCUT2D eigenvalue weighted by Crippen LogP contribution is 2.37. The van der Waals surface area contributed by atoms with E-state index in [1.165, 1.54) is 96.8 Å². The van der Waals surface area contributed by atoms with Crippen molar-refractivity contribution in [3.05, 3.63) is 0 Å². The van der Waals surface area contributed by atoms with Crippen LogP contribution in [0.2, 0.25) is 0 Å². The third-order valence-corrected chi connectivity index (χ3v) is 6.25. The van der Waals surface area contributed by atoms with E-state index >= 15 is 0 Å². The lowest BCUT2D eigenvalue weighted by atomic mass is 9.78. The van der Waals surface area contributed by atoms with Crippen LogP contribution in [0.3, 0.4) is 0 Å². The van der Waals surface area contributed by atoms with Crippen molar-refractivity contribution in [3.8, 4) is 0 Å². The van der Waals surface area contributed by atoms with Gasteiger partial charge >= 0.3 is 0 Å². The van der Waals surface area contributed by atoms with E-state index in [1.54, 1.807) is 0 Å². The molecule has 3 aliphatic rings. The first-order valence-electron chi connectivity index (χ1n) is 9.75. The first kappa shape index (κ1) is 15.8. The highest BCUT2D eigenvalue weighted by molar-refractivity contribution is 4.91. The summed E-state index contributed by atoms with van der Waals surface area (Å²) in [5.74, 6) is 1.02. The van der Waals surface area contributed by atoms with E-state index in [-0.39, 0.29) is 0 Å². The SMILES string of the molecule is CCN(CC1CCC1)CC1(CNC2CC2)CCCCCC1. The number of rotatable bonds is 8. The Morgan fingerprint density at radius 3 is 2.19 bits per heavy atom. The topological polar surface area (TPSA) is 15.3 Å². The van der Waals surface area contributed by atoms with Crippen molar-refractivity contribution >= 4 is 0 Å². The lowest BCUT2D eigenvalue weighted by molar-refractivity contribution is 0.100.